The zero-order valence-electron chi connectivity index (χ0n) is 14.5. The van der Waals surface area contributed by atoms with Gasteiger partial charge in [0, 0.05) is 21.7 Å². The molecule has 7 nitrogen and oxygen atoms in total. The molecule has 0 aliphatic carbocycles. The molecule has 0 bridgehead atoms. The lowest BCUT2D eigenvalue weighted by molar-refractivity contribution is -0.120. The summed E-state index contributed by atoms with van der Waals surface area (Å²) in [6.07, 6.45) is 1.26. The second-order valence-corrected chi connectivity index (χ2v) is 6.89. The molecule has 2 aromatic carbocycles. The lowest BCUT2D eigenvalue weighted by Crippen LogP contribution is -2.34. The molecule has 0 unspecified atom stereocenters. The number of carbonyl (C=O) groups excluding carboxylic acids is 2. The summed E-state index contributed by atoms with van der Waals surface area (Å²) in [5, 5.41) is 26.7. The van der Waals surface area contributed by atoms with Crippen LogP contribution in [0.25, 0.3) is 0 Å². The number of phenols is 2. The molecule has 0 fully saturated rings. The van der Waals surface area contributed by atoms with E-state index in [1.165, 1.54) is 6.21 Å². The van der Waals surface area contributed by atoms with Gasteiger partial charge in [0.2, 0.25) is 0 Å². The fourth-order valence-electron chi connectivity index (χ4n) is 2.18. The molecule has 142 valence electrons. The predicted octanol–water partition coefficient (Wildman–Crippen LogP) is 3.01. The average Bonchev–Trinajstić information content (AvgIpc) is 2.66. The van der Waals surface area contributed by atoms with Crippen molar-refractivity contribution in [2.75, 3.05) is 6.54 Å². The number of nitrogens with one attached hydrogen (secondary N) is 2. The van der Waals surface area contributed by atoms with Crippen molar-refractivity contribution >= 4 is 45.6 Å². The third-order valence-corrected chi connectivity index (χ3v) is 5.03. The molecule has 9 heteroatoms. The maximum absolute atomic E-state index is 11.9. The first-order valence-electron chi connectivity index (χ1n) is 7.78. The summed E-state index contributed by atoms with van der Waals surface area (Å²) in [4.78, 5) is 23.7. The molecule has 0 aromatic heterocycles. The van der Waals surface area contributed by atoms with Gasteiger partial charge in [-0.25, -0.2) is 5.43 Å². The minimum absolute atomic E-state index is 0.0592. The van der Waals surface area contributed by atoms with E-state index in [0.29, 0.717) is 26.2 Å². The van der Waals surface area contributed by atoms with E-state index in [9.17, 15) is 19.8 Å². The van der Waals surface area contributed by atoms with Gasteiger partial charge in [-0.05, 0) is 59.6 Å². The van der Waals surface area contributed by atoms with Gasteiger partial charge < -0.3 is 15.5 Å². The lowest BCUT2D eigenvalue weighted by atomic mass is 10.0. The molecule has 2 rings (SSSR count). The second-order valence-electron chi connectivity index (χ2n) is 5.66. The van der Waals surface area contributed by atoms with Crippen molar-refractivity contribution in [2.45, 2.75) is 13.8 Å². The fourth-order valence-corrected chi connectivity index (χ4v) is 2.82. The zero-order valence-corrected chi connectivity index (χ0v) is 16.8. The Bertz CT molecular complexity index is 885. The van der Waals surface area contributed by atoms with Gasteiger partial charge in [-0.1, -0.05) is 11.6 Å². The number of hydrazone groups is 1. The van der Waals surface area contributed by atoms with Gasteiger partial charge in [-0.3, -0.25) is 9.59 Å². The van der Waals surface area contributed by atoms with E-state index in [2.05, 4.69) is 31.8 Å². The summed E-state index contributed by atoms with van der Waals surface area (Å²) in [5.41, 5.74) is 3.83. The van der Waals surface area contributed by atoms with Crippen LogP contribution in [0.1, 0.15) is 27.0 Å². The molecule has 0 atom stereocenters. The fraction of sp³-hybridized carbons (Fsp3) is 0.167. The first-order chi connectivity index (χ1) is 12.7. The van der Waals surface area contributed by atoms with E-state index < -0.39 is 11.8 Å². The average molecular weight is 455 g/mol. The number of halogens is 2. The number of rotatable bonds is 5. The Hall–Kier alpha value is -2.58. The third kappa shape index (κ3) is 4.99. The molecule has 0 aliphatic rings. The highest BCUT2D eigenvalue weighted by atomic mass is 79.9. The molecule has 4 N–H and O–H groups in total. The van der Waals surface area contributed by atoms with Crippen molar-refractivity contribution < 1.29 is 19.8 Å². The molecule has 0 saturated carbocycles. The summed E-state index contributed by atoms with van der Waals surface area (Å²) < 4.78 is 0.431. The molecule has 27 heavy (non-hydrogen) atoms. The quantitative estimate of drug-likeness (QED) is 0.411. The number of aromatic hydroxyl groups is 2. The smallest absolute Gasteiger partial charge is 0.259 e. The first-order valence-corrected chi connectivity index (χ1v) is 8.95. The van der Waals surface area contributed by atoms with Crippen LogP contribution in [-0.4, -0.2) is 34.8 Å². The summed E-state index contributed by atoms with van der Waals surface area (Å²) in [5.74, 6) is -1.16. The Balaban J connectivity index is 1.96. The molecule has 0 aliphatic heterocycles. The number of benzene rings is 2. The van der Waals surface area contributed by atoms with Gasteiger partial charge in [0.1, 0.15) is 11.5 Å². The van der Waals surface area contributed by atoms with Gasteiger partial charge in [0.15, 0.2) is 0 Å². The van der Waals surface area contributed by atoms with Gasteiger partial charge in [-0.15, -0.1) is 0 Å². The number of carbonyl (C=O) groups is 2. The van der Waals surface area contributed by atoms with Crippen LogP contribution >= 0.6 is 27.5 Å². The Kier molecular flexibility index (Phi) is 6.81. The molecule has 0 heterocycles. The highest BCUT2D eigenvalue weighted by molar-refractivity contribution is 9.10. The van der Waals surface area contributed by atoms with E-state index in [1.807, 2.05) is 0 Å². The Morgan fingerprint density at radius 1 is 1.15 bits per heavy atom. The predicted molar refractivity (Wildman–Crippen MR) is 106 cm³/mol. The van der Waals surface area contributed by atoms with Crippen LogP contribution in [0.3, 0.4) is 0 Å². The first kappa shape index (κ1) is 20.7. The molecule has 0 saturated heterocycles. The van der Waals surface area contributed by atoms with Crippen LogP contribution < -0.4 is 10.7 Å². The zero-order chi connectivity index (χ0) is 20.1. The van der Waals surface area contributed by atoms with Gasteiger partial charge in [0.05, 0.1) is 17.2 Å². The van der Waals surface area contributed by atoms with Gasteiger partial charge in [-0.2, -0.15) is 5.10 Å². The van der Waals surface area contributed by atoms with Crippen LogP contribution in [0.5, 0.6) is 11.5 Å². The highest BCUT2D eigenvalue weighted by Gasteiger charge is 2.16. The minimum atomic E-state index is -0.541. The van der Waals surface area contributed by atoms with Gasteiger partial charge in [0.25, 0.3) is 11.8 Å². The molecular formula is C18H17BrClN3O4. The number of amides is 2. The van der Waals surface area contributed by atoms with Crippen LogP contribution in [0.4, 0.5) is 0 Å². The van der Waals surface area contributed by atoms with Crippen molar-refractivity contribution in [3.05, 3.63) is 56.0 Å². The number of nitrogens with zero attached hydrogens (tertiary/aromatic N) is 1. The van der Waals surface area contributed by atoms with Crippen molar-refractivity contribution in [1.82, 2.24) is 10.7 Å². The summed E-state index contributed by atoms with van der Waals surface area (Å²) in [6, 6.07) is 6.25. The third-order valence-electron chi connectivity index (χ3n) is 3.81. The Morgan fingerprint density at radius 2 is 1.78 bits per heavy atom. The maximum Gasteiger partial charge on any atom is 0.259 e. The van der Waals surface area contributed by atoms with Crippen molar-refractivity contribution in [3.8, 4) is 11.5 Å². The van der Waals surface area contributed by atoms with Crippen LogP contribution in [0.15, 0.2) is 33.8 Å². The molecule has 0 radical (unpaired) electrons. The van der Waals surface area contributed by atoms with E-state index in [1.54, 1.807) is 38.1 Å². The molecule has 0 spiro atoms. The van der Waals surface area contributed by atoms with E-state index in [-0.39, 0.29) is 23.6 Å². The summed E-state index contributed by atoms with van der Waals surface area (Å²) in [7, 11) is 0. The highest BCUT2D eigenvalue weighted by Crippen LogP contribution is 2.39. The largest absolute Gasteiger partial charge is 0.507 e. The van der Waals surface area contributed by atoms with Crippen molar-refractivity contribution in [3.63, 3.8) is 0 Å². The normalized spacial score (nSPS) is 10.8. The topological polar surface area (TPSA) is 111 Å². The van der Waals surface area contributed by atoms with E-state index in [4.69, 9.17) is 11.6 Å². The van der Waals surface area contributed by atoms with E-state index >= 15 is 0 Å². The number of hydrogen-bond acceptors (Lipinski definition) is 5. The van der Waals surface area contributed by atoms with Crippen LogP contribution in [-0.2, 0) is 4.79 Å². The number of phenolic OH excluding ortho intramolecular Hbond substituents is 2. The summed E-state index contributed by atoms with van der Waals surface area (Å²) in [6.45, 7) is 2.96. The van der Waals surface area contributed by atoms with Gasteiger partial charge >= 0.3 is 0 Å². The lowest BCUT2D eigenvalue weighted by Gasteiger charge is -2.12. The molecule has 2 aromatic rings. The second kappa shape index (κ2) is 8.88. The molecular weight excluding hydrogens is 438 g/mol. The van der Waals surface area contributed by atoms with Crippen LogP contribution in [0.2, 0.25) is 5.02 Å². The summed E-state index contributed by atoms with van der Waals surface area (Å²) >= 11 is 8.99. The Morgan fingerprint density at radius 3 is 2.41 bits per heavy atom. The van der Waals surface area contributed by atoms with Crippen molar-refractivity contribution in [2.24, 2.45) is 5.10 Å². The van der Waals surface area contributed by atoms with Crippen LogP contribution in [0, 0.1) is 13.8 Å². The molecule has 2 amide bonds. The Labute approximate surface area is 169 Å². The van der Waals surface area contributed by atoms with Crippen molar-refractivity contribution in [1.29, 1.82) is 0 Å². The monoisotopic (exact) mass is 453 g/mol. The maximum atomic E-state index is 11.9. The SMILES string of the molecule is Cc1c(O)c(Br)c(C)c(C=NNC(=O)CNC(=O)c2ccc(Cl)cc2)c1O. The standard InChI is InChI=1S/C18H17BrClN3O4/c1-9-13(16(25)10(2)17(26)15(9)19)7-22-23-14(24)8-21-18(27)11-3-5-12(20)6-4-11/h3-7,25-26H,8H2,1-2H3,(H,21,27)(H,23,24). The number of hydrogen-bond donors (Lipinski definition) is 4. The van der Waals surface area contributed by atoms with E-state index in [0.717, 1.165) is 0 Å². The minimum Gasteiger partial charge on any atom is -0.507 e.